The van der Waals surface area contributed by atoms with E-state index in [4.69, 9.17) is 0 Å². The van der Waals surface area contributed by atoms with Crippen molar-refractivity contribution in [2.24, 2.45) is 0 Å². The molecule has 0 aliphatic rings. The van der Waals surface area contributed by atoms with Crippen LogP contribution in [0, 0.1) is 22.9 Å². The van der Waals surface area contributed by atoms with Gasteiger partial charge in [-0.2, -0.15) is 0 Å². The molecule has 7 heteroatoms. The van der Waals surface area contributed by atoms with Crippen molar-refractivity contribution in [1.82, 2.24) is 9.55 Å². The minimum atomic E-state index is -0.434. The highest BCUT2D eigenvalue weighted by Crippen LogP contribution is 2.37. The third kappa shape index (κ3) is 3.94. The van der Waals surface area contributed by atoms with E-state index in [1.54, 1.807) is 35.4 Å². The van der Waals surface area contributed by atoms with Crippen LogP contribution in [0.5, 0.6) is 0 Å². The molecular formula is C19H18FN3O2S. The summed E-state index contributed by atoms with van der Waals surface area (Å²) < 4.78 is 15.9. The molecule has 0 spiro atoms. The lowest BCUT2D eigenvalue weighted by Crippen LogP contribution is -2.08. The smallest absolute Gasteiger partial charge is 0.342 e. The average Bonchev–Trinajstić information content (AvgIpc) is 3.01. The van der Waals surface area contributed by atoms with Gasteiger partial charge in [0.15, 0.2) is 5.82 Å². The van der Waals surface area contributed by atoms with E-state index in [2.05, 4.69) is 4.98 Å². The Bertz CT molecular complexity index is 899. The zero-order valence-corrected chi connectivity index (χ0v) is 15.0. The Morgan fingerprint density at radius 2 is 1.88 bits per heavy atom. The molecule has 134 valence electrons. The Kier molecular flexibility index (Phi) is 5.68. The highest BCUT2D eigenvalue weighted by molar-refractivity contribution is 7.99. The van der Waals surface area contributed by atoms with Gasteiger partial charge in [-0.05, 0) is 16.6 Å². The number of hydrogen-bond acceptors (Lipinski definition) is 4. The average molecular weight is 371 g/mol. The molecule has 26 heavy (non-hydrogen) atoms. The summed E-state index contributed by atoms with van der Waals surface area (Å²) >= 11 is 1.56. The van der Waals surface area contributed by atoms with Crippen molar-refractivity contribution >= 4 is 17.6 Å². The molecule has 0 N–H and O–H groups in total. The van der Waals surface area contributed by atoms with Gasteiger partial charge < -0.3 is 10.1 Å². The van der Waals surface area contributed by atoms with Crippen LogP contribution in [0.3, 0.4) is 0 Å². The molecule has 1 atom stereocenters. The van der Waals surface area contributed by atoms with Crippen LogP contribution in [0.2, 0.25) is 0 Å². The van der Waals surface area contributed by atoms with E-state index >= 15 is 0 Å². The van der Waals surface area contributed by atoms with Crippen molar-refractivity contribution in [2.75, 3.05) is 5.75 Å². The maximum Gasteiger partial charge on any atom is 0.342 e. The minimum Gasteiger partial charge on any atom is -0.358 e. The Morgan fingerprint density at radius 1 is 1.19 bits per heavy atom. The van der Waals surface area contributed by atoms with Gasteiger partial charge in [-0.3, -0.25) is 0 Å². The third-order valence-electron chi connectivity index (χ3n) is 4.11. The molecule has 1 aromatic heterocycles. The lowest BCUT2D eigenvalue weighted by molar-refractivity contribution is -0.392. The highest BCUT2D eigenvalue weighted by atomic mass is 32.2. The molecule has 0 saturated carbocycles. The molecule has 0 amide bonds. The summed E-state index contributed by atoms with van der Waals surface area (Å²) in [5.74, 6) is 0.912. The predicted molar refractivity (Wildman–Crippen MR) is 101 cm³/mol. The van der Waals surface area contributed by atoms with Gasteiger partial charge in [0.05, 0.1) is 5.25 Å². The van der Waals surface area contributed by atoms with Gasteiger partial charge in [0.25, 0.3) is 0 Å². The number of hydrogen-bond donors (Lipinski definition) is 0. The first-order valence-corrected chi connectivity index (χ1v) is 9.20. The number of halogens is 1. The van der Waals surface area contributed by atoms with Gasteiger partial charge in [-0.1, -0.05) is 48.5 Å². The number of aryl methyl sites for hydroxylation is 1. The first-order valence-electron chi connectivity index (χ1n) is 8.15. The van der Waals surface area contributed by atoms with Crippen molar-refractivity contribution in [3.05, 3.63) is 93.7 Å². The number of rotatable bonds is 7. The first-order chi connectivity index (χ1) is 12.6. The summed E-state index contributed by atoms with van der Waals surface area (Å²) in [4.78, 5) is 14.7. The Labute approximate surface area is 155 Å². The molecule has 1 heterocycles. The SMILES string of the molecule is Cc1ncc([N+](=O)[O-])n1CCSC(c1ccccc1)c1ccccc1F. The lowest BCUT2D eigenvalue weighted by atomic mass is 10.0. The summed E-state index contributed by atoms with van der Waals surface area (Å²) in [6, 6.07) is 16.4. The van der Waals surface area contributed by atoms with Gasteiger partial charge in [0, 0.05) is 18.2 Å². The summed E-state index contributed by atoms with van der Waals surface area (Å²) in [7, 11) is 0. The Morgan fingerprint density at radius 3 is 2.58 bits per heavy atom. The largest absolute Gasteiger partial charge is 0.358 e. The molecule has 5 nitrogen and oxygen atoms in total. The second-order valence-corrected chi connectivity index (χ2v) is 6.97. The monoisotopic (exact) mass is 371 g/mol. The molecule has 0 aliphatic carbocycles. The summed E-state index contributed by atoms with van der Waals surface area (Å²) in [5, 5.41) is 10.9. The topological polar surface area (TPSA) is 61.0 Å². The predicted octanol–water partition coefficient (Wildman–Crippen LogP) is 4.76. The molecule has 1 unspecified atom stereocenters. The van der Waals surface area contributed by atoms with Gasteiger partial charge in [0.1, 0.15) is 18.6 Å². The molecule has 3 aromatic rings. The molecule has 0 saturated heterocycles. The van der Waals surface area contributed by atoms with Crippen molar-refractivity contribution < 1.29 is 9.31 Å². The standard InChI is InChI=1S/C19H18FN3O2S/c1-14-21-13-18(23(24)25)22(14)11-12-26-19(15-7-3-2-4-8-15)16-9-5-6-10-17(16)20/h2-10,13,19H,11-12H2,1H3. The molecule has 2 aromatic carbocycles. The number of benzene rings is 2. The lowest BCUT2D eigenvalue weighted by Gasteiger charge is -2.18. The first kappa shape index (κ1) is 18.1. The molecule has 0 bridgehead atoms. The Balaban J connectivity index is 1.81. The molecule has 0 aliphatic heterocycles. The fraction of sp³-hybridized carbons (Fsp3) is 0.211. The van der Waals surface area contributed by atoms with E-state index in [-0.39, 0.29) is 16.9 Å². The van der Waals surface area contributed by atoms with Crippen molar-refractivity contribution in [3.63, 3.8) is 0 Å². The number of thioether (sulfide) groups is 1. The highest BCUT2D eigenvalue weighted by Gasteiger charge is 2.21. The second kappa shape index (κ2) is 8.14. The van der Waals surface area contributed by atoms with Gasteiger partial charge in [0.2, 0.25) is 0 Å². The van der Waals surface area contributed by atoms with Gasteiger partial charge in [-0.25, -0.2) is 13.9 Å². The van der Waals surface area contributed by atoms with Crippen LogP contribution in [-0.2, 0) is 6.54 Å². The fourth-order valence-corrected chi connectivity index (χ4v) is 4.07. The summed E-state index contributed by atoms with van der Waals surface area (Å²) in [6.07, 6.45) is 1.27. The summed E-state index contributed by atoms with van der Waals surface area (Å²) in [6.45, 7) is 2.17. The molecule has 3 rings (SSSR count). The van der Waals surface area contributed by atoms with E-state index in [1.165, 1.54) is 12.3 Å². The van der Waals surface area contributed by atoms with E-state index < -0.39 is 4.92 Å². The van der Waals surface area contributed by atoms with Crippen LogP contribution in [-0.4, -0.2) is 20.2 Å². The fourth-order valence-electron chi connectivity index (χ4n) is 2.82. The van der Waals surface area contributed by atoms with E-state index in [9.17, 15) is 14.5 Å². The number of nitro groups is 1. The van der Waals surface area contributed by atoms with Crippen LogP contribution in [0.25, 0.3) is 0 Å². The van der Waals surface area contributed by atoms with Crippen LogP contribution >= 0.6 is 11.8 Å². The maximum absolute atomic E-state index is 14.3. The van der Waals surface area contributed by atoms with Crippen LogP contribution in [0.1, 0.15) is 22.2 Å². The van der Waals surface area contributed by atoms with Crippen LogP contribution < -0.4 is 0 Å². The zero-order valence-electron chi connectivity index (χ0n) is 14.2. The van der Waals surface area contributed by atoms with Gasteiger partial charge >= 0.3 is 5.82 Å². The molecule has 0 radical (unpaired) electrons. The normalized spacial score (nSPS) is 12.1. The second-order valence-electron chi connectivity index (χ2n) is 5.76. The van der Waals surface area contributed by atoms with Gasteiger partial charge in [-0.15, -0.1) is 11.8 Å². The van der Waals surface area contributed by atoms with Crippen LogP contribution in [0.15, 0.2) is 60.8 Å². The molecular weight excluding hydrogens is 353 g/mol. The maximum atomic E-state index is 14.3. The summed E-state index contributed by atoms with van der Waals surface area (Å²) in [5.41, 5.74) is 1.61. The quantitative estimate of drug-likeness (QED) is 0.444. The van der Waals surface area contributed by atoms with Crippen LogP contribution in [0.4, 0.5) is 10.2 Å². The van der Waals surface area contributed by atoms with Crippen molar-refractivity contribution in [1.29, 1.82) is 0 Å². The van der Waals surface area contributed by atoms with E-state index in [1.807, 2.05) is 36.4 Å². The minimum absolute atomic E-state index is 0.0229. The number of imidazole rings is 1. The van der Waals surface area contributed by atoms with E-state index in [0.29, 0.717) is 23.7 Å². The number of nitrogens with zero attached hydrogens (tertiary/aromatic N) is 3. The van der Waals surface area contributed by atoms with Crippen molar-refractivity contribution in [2.45, 2.75) is 18.7 Å². The van der Waals surface area contributed by atoms with E-state index in [0.717, 1.165) is 5.56 Å². The number of aromatic nitrogens is 2. The van der Waals surface area contributed by atoms with Crippen molar-refractivity contribution in [3.8, 4) is 0 Å². The molecule has 0 fully saturated rings. The Hall–Kier alpha value is -2.67. The third-order valence-corrected chi connectivity index (χ3v) is 5.39. The zero-order chi connectivity index (χ0) is 18.5.